The lowest BCUT2D eigenvalue weighted by molar-refractivity contribution is 0.407. The van der Waals surface area contributed by atoms with Crippen LogP contribution in [0.3, 0.4) is 0 Å². The summed E-state index contributed by atoms with van der Waals surface area (Å²) in [5.74, 6) is 1.74. The minimum Gasteiger partial charge on any atom is -0.496 e. The Labute approximate surface area is 146 Å². The third-order valence-electron chi connectivity index (χ3n) is 4.60. The number of hydrogen-bond acceptors (Lipinski definition) is 3. The van der Waals surface area contributed by atoms with Crippen molar-refractivity contribution in [2.75, 3.05) is 32.6 Å². The lowest BCUT2D eigenvalue weighted by Gasteiger charge is -2.20. The Hall–Kier alpha value is -2.00. The monoisotopic (exact) mass is 326 g/mol. The van der Waals surface area contributed by atoms with Crippen molar-refractivity contribution in [3.63, 3.8) is 0 Å². The van der Waals surface area contributed by atoms with Crippen molar-refractivity contribution in [3.05, 3.63) is 59.2 Å². The first-order valence-electron chi connectivity index (χ1n) is 8.60. The lowest BCUT2D eigenvalue weighted by atomic mass is 9.89. The Morgan fingerprint density at radius 2 is 1.62 bits per heavy atom. The summed E-state index contributed by atoms with van der Waals surface area (Å²) in [6.45, 7) is 5.05. The van der Waals surface area contributed by atoms with Gasteiger partial charge in [-0.15, -0.1) is 0 Å². The topological polar surface area (TPSA) is 38.5 Å². The minimum atomic E-state index is 0.289. The summed E-state index contributed by atoms with van der Waals surface area (Å²) in [5, 5.41) is 0. The predicted molar refractivity (Wildman–Crippen MR) is 103 cm³/mol. The number of hydrogen-bond donors (Lipinski definition) is 1. The second-order valence-corrected chi connectivity index (χ2v) is 6.85. The van der Waals surface area contributed by atoms with Crippen molar-refractivity contribution in [2.24, 2.45) is 5.73 Å². The highest BCUT2D eigenvalue weighted by Crippen LogP contribution is 2.30. The largest absolute Gasteiger partial charge is 0.496 e. The molecule has 3 heteroatoms. The van der Waals surface area contributed by atoms with Gasteiger partial charge in [0.15, 0.2) is 0 Å². The number of nitrogens with two attached hydrogens (primary N) is 1. The van der Waals surface area contributed by atoms with E-state index in [1.165, 1.54) is 22.4 Å². The van der Waals surface area contributed by atoms with Crippen molar-refractivity contribution in [3.8, 4) is 5.75 Å². The first-order chi connectivity index (χ1) is 11.5. The summed E-state index contributed by atoms with van der Waals surface area (Å²) in [6.07, 6.45) is 0.890. The minimum absolute atomic E-state index is 0.289. The van der Waals surface area contributed by atoms with Crippen LogP contribution in [0.2, 0.25) is 0 Å². The normalized spacial score (nSPS) is 12.3. The van der Waals surface area contributed by atoms with Gasteiger partial charge in [-0.1, -0.05) is 38.1 Å². The van der Waals surface area contributed by atoms with Crippen LogP contribution in [0.4, 0.5) is 5.69 Å². The van der Waals surface area contributed by atoms with Crippen LogP contribution in [-0.4, -0.2) is 27.7 Å². The van der Waals surface area contributed by atoms with E-state index in [4.69, 9.17) is 10.5 Å². The summed E-state index contributed by atoms with van der Waals surface area (Å²) in [7, 11) is 5.84. The molecule has 0 fully saturated rings. The molecule has 2 rings (SSSR count). The van der Waals surface area contributed by atoms with E-state index in [0.29, 0.717) is 12.5 Å². The molecule has 0 spiro atoms. The molecule has 0 aliphatic carbocycles. The summed E-state index contributed by atoms with van der Waals surface area (Å²) >= 11 is 0. The van der Waals surface area contributed by atoms with Crippen LogP contribution in [0.15, 0.2) is 42.5 Å². The number of rotatable bonds is 7. The third-order valence-corrected chi connectivity index (χ3v) is 4.60. The molecule has 0 heterocycles. The maximum atomic E-state index is 6.09. The molecule has 1 atom stereocenters. The van der Waals surface area contributed by atoms with Crippen molar-refractivity contribution in [2.45, 2.75) is 32.1 Å². The second-order valence-electron chi connectivity index (χ2n) is 6.85. The molecular formula is C21H30N2O. The van der Waals surface area contributed by atoms with E-state index in [0.717, 1.165) is 12.2 Å². The molecule has 1 unspecified atom stereocenters. The number of anilines is 1. The second kappa shape index (κ2) is 8.20. The van der Waals surface area contributed by atoms with Gasteiger partial charge in [-0.2, -0.15) is 0 Å². The van der Waals surface area contributed by atoms with Crippen LogP contribution in [0.25, 0.3) is 0 Å². The fraction of sp³-hybridized carbons (Fsp3) is 0.429. The van der Waals surface area contributed by atoms with E-state index in [2.05, 4.69) is 75.3 Å². The highest BCUT2D eigenvalue weighted by molar-refractivity contribution is 5.47. The van der Waals surface area contributed by atoms with Crippen LogP contribution >= 0.6 is 0 Å². The highest BCUT2D eigenvalue weighted by atomic mass is 16.5. The molecule has 0 bridgehead atoms. The van der Waals surface area contributed by atoms with Gasteiger partial charge < -0.3 is 15.4 Å². The third kappa shape index (κ3) is 4.30. The summed E-state index contributed by atoms with van der Waals surface area (Å²) in [5.41, 5.74) is 11.1. The molecule has 2 N–H and O–H groups in total. The fourth-order valence-electron chi connectivity index (χ4n) is 2.96. The number of nitrogens with zero attached hydrogens (tertiary/aromatic N) is 1. The number of ether oxygens (including phenoxy) is 1. The molecule has 0 aromatic heterocycles. The summed E-state index contributed by atoms with van der Waals surface area (Å²) < 4.78 is 5.56. The first kappa shape index (κ1) is 18.3. The molecule has 0 aliphatic heterocycles. The van der Waals surface area contributed by atoms with Gasteiger partial charge in [-0.3, -0.25) is 0 Å². The average Bonchev–Trinajstić information content (AvgIpc) is 2.59. The van der Waals surface area contributed by atoms with Crippen LogP contribution in [0, 0.1) is 0 Å². The van der Waals surface area contributed by atoms with E-state index in [1.54, 1.807) is 7.11 Å². The molecule has 0 aliphatic rings. The van der Waals surface area contributed by atoms with Crippen LogP contribution < -0.4 is 15.4 Å². The van der Waals surface area contributed by atoms with Crippen molar-refractivity contribution in [1.82, 2.24) is 0 Å². The molecule has 130 valence electrons. The Bertz CT molecular complexity index is 647. The molecule has 0 saturated heterocycles. The lowest BCUT2D eigenvalue weighted by Crippen LogP contribution is -2.16. The zero-order chi connectivity index (χ0) is 17.7. The van der Waals surface area contributed by atoms with E-state index < -0.39 is 0 Å². The summed E-state index contributed by atoms with van der Waals surface area (Å²) in [4.78, 5) is 2.11. The Balaban J connectivity index is 2.27. The van der Waals surface area contributed by atoms with E-state index in [9.17, 15) is 0 Å². The van der Waals surface area contributed by atoms with Crippen LogP contribution in [-0.2, 0) is 6.42 Å². The van der Waals surface area contributed by atoms with E-state index >= 15 is 0 Å². The van der Waals surface area contributed by atoms with Gasteiger partial charge in [0, 0.05) is 25.7 Å². The first-order valence-corrected chi connectivity index (χ1v) is 8.60. The molecule has 3 nitrogen and oxygen atoms in total. The van der Waals surface area contributed by atoms with Gasteiger partial charge in [0.05, 0.1) is 7.11 Å². The molecule has 0 radical (unpaired) electrons. The molecule has 2 aromatic rings. The molecule has 24 heavy (non-hydrogen) atoms. The van der Waals surface area contributed by atoms with Crippen molar-refractivity contribution in [1.29, 1.82) is 0 Å². The smallest absolute Gasteiger partial charge is 0.122 e. The standard InChI is InChI=1S/C21H30N2O/c1-15(2)17-8-11-21(24-5)18(12-17)13-19(14-22)16-6-9-20(10-7-16)23(3)4/h6-12,15,19H,13-14,22H2,1-5H3. The SMILES string of the molecule is COc1ccc(C(C)C)cc1CC(CN)c1ccc(N(C)C)cc1. The fourth-order valence-corrected chi connectivity index (χ4v) is 2.96. The quantitative estimate of drug-likeness (QED) is 0.830. The van der Waals surface area contributed by atoms with E-state index in [-0.39, 0.29) is 5.92 Å². The zero-order valence-corrected chi connectivity index (χ0v) is 15.5. The Morgan fingerprint density at radius 1 is 1.00 bits per heavy atom. The van der Waals surface area contributed by atoms with Crippen LogP contribution in [0.5, 0.6) is 5.75 Å². The van der Waals surface area contributed by atoms with E-state index in [1.807, 2.05) is 0 Å². The van der Waals surface area contributed by atoms with Gasteiger partial charge >= 0.3 is 0 Å². The average molecular weight is 326 g/mol. The van der Waals surface area contributed by atoms with Crippen molar-refractivity contribution < 1.29 is 4.74 Å². The maximum absolute atomic E-state index is 6.09. The summed E-state index contributed by atoms with van der Waals surface area (Å²) in [6, 6.07) is 15.2. The van der Waals surface area contributed by atoms with Gasteiger partial charge in [0.1, 0.15) is 5.75 Å². The Kier molecular flexibility index (Phi) is 6.27. The zero-order valence-electron chi connectivity index (χ0n) is 15.5. The van der Waals surface area contributed by atoms with Crippen molar-refractivity contribution >= 4 is 5.69 Å². The predicted octanol–water partition coefficient (Wildman–Crippen LogP) is 4.17. The number of methoxy groups -OCH3 is 1. The highest BCUT2D eigenvalue weighted by Gasteiger charge is 2.15. The van der Waals surface area contributed by atoms with Gasteiger partial charge in [-0.05, 0) is 53.8 Å². The van der Waals surface area contributed by atoms with Crippen LogP contribution in [0.1, 0.15) is 42.4 Å². The molecule has 0 saturated carbocycles. The van der Waals surface area contributed by atoms with Gasteiger partial charge in [0.25, 0.3) is 0 Å². The molecule has 2 aromatic carbocycles. The Morgan fingerprint density at radius 3 is 2.12 bits per heavy atom. The maximum Gasteiger partial charge on any atom is 0.122 e. The molecule has 0 amide bonds. The molecular weight excluding hydrogens is 296 g/mol. The number of benzene rings is 2. The van der Waals surface area contributed by atoms with Gasteiger partial charge in [0.2, 0.25) is 0 Å². The van der Waals surface area contributed by atoms with Gasteiger partial charge in [-0.25, -0.2) is 0 Å².